The Kier molecular flexibility index (Phi) is 5.25. The zero-order chi connectivity index (χ0) is 11.3. The number of nitrogens with two attached hydrogens (primary N) is 1. The van der Waals surface area contributed by atoms with E-state index in [0.29, 0.717) is 5.84 Å². The van der Waals surface area contributed by atoms with Crippen molar-refractivity contribution in [1.29, 1.82) is 0 Å². The number of thioether (sulfide) groups is 1. The molecule has 1 heterocycles. The molecule has 5 heteroatoms. The van der Waals surface area contributed by atoms with Crippen molar-refractivity contribution >= 4 is 17.6 Å². The Morgan fingerprint density at radius 2 is 2.47 bits per heavy atom. The van der Waals surface area contributed by atoms with Crippen molar-refractivity contribution in [3.8, 4) is 0 Å². The van der Waals surface area contributed by atoms with Gasteiger partial charge in [-0.1, -0.05) is 19.0 Å². The first-order valence-corrected chi connectivity index (χ1v) is 6.53. The summed E-state index contributed by atoms with van der Waals surface area (Å²) in [5.41, 5.74) is 5.57. The van der Waals surface area contributed by atoms with Crippen LogP contribution in [0.1, 0.15) is 20.3 Å². The summed E-state index contributed by atoms with van der Waals surface area (Å²) >= 11 is 2.06. The van der Waals surface area contributed by atoms with E-state index in [1.54, 1.807) is 0 Å². The molecule has 0 saturated carbocycles. The highest BCUT2D eigenvalue weighted by Crippen LogP contribution is 2.21. The van der Waals surface area contributed by atoms with Crippen LogP contribution in [0.15, 0.2) is 5.16 Å². The SMILES string of the molecule is CCC1CN(CC(C)C(N)=NO)CCS1. The second-order valence-electron chi connectivity index (χ2n) is 4.09. The molecule has 88 valence electrons. The maximum atomic E-state index is 8.57. The van der Waals surface area contributed by atoms with Crippen molar-refractivity contribution in [2.45, 2.75) is 25.5 Å². The molecule has 2 atom stereocenters. The highest BCUT2D eigenvalue weighted by atomic mass is 32.2. The minimum atomic E-state index is 0.135. The zero-order valence-corrected chi connectivity index (χ0v) is 10.3. The molecule has 1 aliphatic heterocycles. The lowest BCUT2D eigenvalue weighted by atomic mass is 10.1. The molecule has 0 aromatic rings. The van der Waals surface area contributed by atoms with Gasteiger partial charge in [0.15, 0.2) is 0 Å². The lowest BCUT2D eigenvalue weighted by molar-refractivity contribution is 0.259. The van der Waals surface area contributed by atoms with E-state index in [9.17, 15) is 0 Å². The quantitative estimate of drug-likeness (QED) is 0.330. The van der Waals surface area contributed by atoms with E-state index in [1.165, 1.54) is 12.2 Å². The molecule has 1 saturated heterocycles. The number of amidine groups is 1. The minimum Gasteiger partial charge on any atom is -0.409 e. The molecular formula is C10H21N3OS. The van der Waals surface area contributed by atoms with Crippen molar-refractivity contribution < 1.29 is 5.21 Å². The van der Waals surface area contributed by atoms with Crippen LogP contribution in [0.4, 0.5) is 0 Å². The molecule has 15 heavy (non-hydrogen) atoms. The maximum Gasteiger partial charge on any atom is 0.143 e. The van der Waals surface area contributed by atoms with E-state index in [0.717, 1.165) is 24.9 Å². The molecule has 4 nitrogen and oxygen atoms in total. The van der Waals surface area contributed by atoms with Gasteiger partial charge in [-0.25, -0.2) is 0 Å². The van der Waals surface area contributed by atoms with E-state index in [-0.39, 0.29) is 5.92 Å². The smallest absolute Gasteiger partial charge is 0.143 e. The van der Waals surface area contributed by atoms with Crippen LogP contribution in [0.25, 0.3) is 0 Å². The molecule has 1 rings (SSSR count). The van der Waals surface area contributed by atoms with Gasteiger partial charge in [0.1, 0.15) is 5.84 Å². The first-order chi connectivity index (χ1) is 7.17. The summed E-state index contributed by atoms with van der Waals surface area (Å²) in [7, 11) is 0. The highest BCUT2D eigenvalue weighted by molar-refractivity contribution is 8.00. The van der Waals surface area contributed by atoms with Gasteiger partial charge in [-0.3, -0.25) is 0 Å². The Labute approximate surface area is 95.9 Å². The second kappa shape index (κ2) is 6.23. The lowest BCUT2D eigenvalue weighted by Crippen LogP contribution is -2.42. The first kappa shape index (κ1) is 12.6. The van der Waals surface area contributed by atoms with Gasteiger partial charge in [0.2, 0.25) is 0 Å². The van der Waals surface area contributed by atoms with E-state index >= 15 is 0 Å². The van der Waals surface area contributed by atoms with Gasteiger partial charge >= 0.3 is 0 Å². The zero-order valence-electron chi connectivity index (χ0n) is 9.52. The Morgan fingerprint density at radius 1 is 1.73 bits per heavy atom. The number of hydrogen-bond acceptors (Lipinski definition) is 4. The van der Waals surface area contributed by atoms with Crippen molar-refractivity contribution in [2.75, 3.05) is 25.4 Å². The van der Waals surface area contributed by atoms with Gasteiger partial charge < -0.3 is 15.8 Å². The second-order valence-corrected chi connectivity index (χ2v) is 5.49. The van der Waals surface area contributed by atoms with Crippen LogP contribution in [-0.2, 0) is 0 Å². The fourth-order valence-electron chi connectivity index (χ4n) is 1.77. The van der Waals surface area contributed by atoms with E-state index in [1.807, 2.05) is 6.92 Å². The van der Waals surface area contributed by atoms with Gasteiger partial charge in [-0.15, -0.1) is 0 Å². The summed E-state index contributed by atoms with van der Waals surface area (Å²) in [4.78, 5) is 2.41. The monoisotopic (exact) mass is 231 g/mol. The topological polar surface area (TPSA) is 61.8 Å². The molecule has 0 aliphatic carbocycles. The minimum absolute atomic E-state index is 0.135. The number of oxime groups is 1. The van der Waals surface area contributed by atoms with Crippen molar-refractivity contribution in [1.82, 2.24) is 4.90 Å². The van der Waals surface area contributed by atoms with Crippen LogP contribution in [0.3, 0.4) is 0 Å². The standard InChI is InChI=1S/C10H21N3OS/c1-3-9-7-13(4-5-15-9)6-8(2)10(11)12-14/h8-9,14H,3-7H2,1-2H3,(H2,11,12). The molecule has 0 aromatic carbocycles. The number of nitrogens with zero attached hydrogens (tertiary/aromatic N) is 2. The largest absolute Gasteiger partial charge is 0.409 e. The van der Waals surface area contributed by atoms with Gasteiger partial charge in [-0.2, -0.15) is 11.8 Å². The predicted molar refractivity (Wildman–Crippen MR) is 65.5 cm³/mol. The molecule has 0 bridgehead atoms. The van der Waals surface area contributed by atoms with Crippen LogP contribution in [0.2, 0.25) is 0 Å². The molecule has 0 radical (unpaired) electrons. The Bertz CT molecular complexity index is 223. The van der Waals surface area contributed by atoms with Crippen molar-refractivity contribution in [3.63, 3.8) is 0 Å². The average molecular weight is 231 g/mol. The number of rotatable bonds is 4. The Morgan fingerprint density at radius 3 is 3.07 bits per heavy atom. The van der Waals surface area contributed by atoms with Gasteiger partial charge in [0, 0.05) is 36.6 Å². The summed E-state index contributed by atoms with van der Waals surface area (Å²) in [5.74, 6) is 1.67. The number of hydrogen-bond donors (Lipinski definition) is 2. The third-order valence-electron chi connectivity index (χ3n) is 2.83. The highest BCUT2D eigenvalue weighted by Gasteiger charge is 2.21. The van der Waals surface area contributed by atoms with Gasteiger partial charge in [0.25, 0.3) is 0 Å². The van der Waals surface area contributed by atoms with Crippen molar-refractivity contribution in [3.05, 3.63) is 0 Å². The summed E-state index contributed by atoms with van der Waals surface area (Å²) in [6, 6.07) is 0. The molecule has 0 aromatic heterocycles. The van der Waals surface area contributed by atoms with E-state index in [2.05, 4.69) is 28.7 Å². The molecule has 1 aliphatic rings. The maximum absolute atomic E-state index is 8.57. The third-order valence-corrected chi connectivity index (χ3v) is 4.20. The van der Waals surface area contributed by atoms with Crippen LogP contribution in [0.5, 0.6) is 0 Å². The lowest BCUT2D eigenvalue weighted by Gasteiger charge is -2.33. The summed E-state index contributed by atoms with van der Waals surface area (Å²) in [6.07, 6.45) is 1.22. The van der Waals surface area contributed by atoms with Gasteiger partial charge in [-0.05, 0) is 6.42 Å². The van der Waals surface area contributed by atoms with Gasteiger partial charge in [0.05, 0.1) is 0 Å². The summed E-state index contributed by atoms with van der Waals surface area (Å²) < 4.78 is 0. The molecule has 1 fully saturated rings. The summed E-state index contributed by atoms with van der Waals surface area (Å²) in [6.45, 7) is 7.37. The molecule has 2 unspecified atom stereocenters. The van der Waals surface area contributed by atoms with Crippen LogP contribution < -0.4 is 5.73 Å². The molecular weight excluding hydrogens is 210 g/mol. The van der Waals surface area contributed by atoms with E-state index < -0.39 is 0 Å². The Balaban J connectivity index is 2.37. The Hall–Kier alpha value is -0.420. The van der Waals surface area contributed by atoms with Crippen LogP contribution in [-0.4, -0.2) is 46.6 Å². The molecule has 0 spiro atoms. The van der Waals surface area contributed by atoms with E-state index in [4.69, 9.17) is 10.9 Å². The summed E-state index contributed by atoms with van der Waals surface area (Å²) in [5, 5.41) is 12.4. The fraction of sp³-hybridized carbons (Fsp3) is 0.900. The third kappa shape index (κ3) is 3.91. The molecule has 3 N–H and O–H groups in total. The average Bonchev–Trinajstić information content (AvgIpc) is 2.28. The molecule has 0 amide bonds. The predicted octanol–water partition coefficient (Wildman–Crippen LogP) is 1.20. The van der Waals surface area contributed by atoms with Crippen LogP contribution >= 0.6 is 11.8 Å². The normalized spacial score (nSPS) is 26.5. The fourth-order valence-corrected chi connectivity index (χ4v) is 3.02. The van der Waals surface area contributed by atoms with Crippen LogP contribution in [0, 0.1) is 5.92 Å². The first-order valence-electron chi connectivity index (χ1n) is 5.48. The van der Waals surface area contributed by atoms with Crippen molar-refractivity contribution in [2.24, 2.45) is 16.8 Å².